The van der Waals surface area contributed by atoms with E-state index in [-0.39, 0.29) is 13.2 Å². The predicted molar refractivity (Wildman–Crippen MR) is 104 cm³/mol. The second-order valence-corrected chi connectivity index (χ2v) is 6.02. The Kier molecular flexibility index (Phi) is 7.91. The maximum Gasteiger partial charge on any atom is 0.259 e. The van der Waals surface area contributed by atoms with Crippen molar-refractivity contribution in [2.75, 3.05) is 20.3 Å². The lowest BCUT2D eigenvalue weighted by Gasteiger charge is -2.08. The first-order chi connectivity index (χ1) is 13.0. The van der Waals surface area contributed by atoms with Crippen molar-refractivity contribution < 1.29 is 19.1 Å². The standard InChI is InChI=1S/C18H17Cl2N3O4/c1-26-15-5-3-2-4-12(15)9-22-23-17(24)10-21-18(25)11-27-16-7-6-13(19)8-14(16)20/h2-9H,10-11H2,1H3,(H,21,25)(H,23,24)/b22-9-. The number of nitrogens with one attached hydrogen (secondary N) is 2. The highest BCUT2D eigenvalue weighted by Gasteiger charge is 2.08. The summed E-state index contributed by atoms with van der Waals surface area (Å²) in [5.74, 6) is -0.0206. The number of para-hydroxylation sites is 1. The van der Waals surface area contributed by atoms with E-state index >= 15 is 0 Å². The number of halogens is 2. The molecule has 0 spiro atoms. The van der Waals surface area contributed by atoms with E-state index in [4.69, 9.17) is 32.7 Å². The first-order valence-corrected chi connectivity index (χ1v) is 8.54. The van der Waals surface area contributed by atoms with Crippen LogP contribution in [0.1, 0.15) is 5.56 Å². The van der Waals surface area contributed by atoms with Crippen LogP contribution in [0.25, 0.3) is 0 Å². The van der Waals surface area contributed by atoms with E-state index in [0.717, 1.165) is 0 Å². The van der Waals surface area contributed by atoms with Gasteiger partial charge in [0.2, 0.25) is 0 Å². The maximum absolute atomic E-state index is 11.7. The second-order valence-electron chi connectivity index (χ2n) is 5.18. The molecule has 9 heteroatoms. The highest BCUT2D eigenvalue weighted by molar-refractivity contribution is 6.35. The van der Waals surface area contributed by atoms with Crippen LogP contribution in [0.15, 0.2) is 47.6 Å². The van der Waals surface area contributed by atoms with Crippen molar-refractivity contribution in [2.24, 2.45) is 5.10 Å². The molecule has 2 aromatic rings. The van der Waals surface area contributed by atoms with Gasteiger partial charge in [-0.15, -0.1) is 0 Å². The third-order valence-electron chi connectivity index (χ3n) is 3.23. The van der Waals surface area contributed by atoms with Crippen LogP contribution in [0.5, 0.6) is 11.5 Å². The second kappa shape index (κ2) is 10.4. The molecule has 2 amide bonds. The van der Waals surface area contributed by atoms with Crippen LogP contribution in [0, 0.1) is 0 Å². The number of methoxy groups -OCH3 is 1. The van der Waals surface area contributed by atoms with Crippen molar-refractivity contribution in [2.45, 2.75) is 0 Å². The molecule has 2 N–H and O–H groups in total. The highest BCUT2D eigenvalue weighted by Crippen LogP contribution is 2.27. The molecule has 7 nitrogen and oxygen atoms in total. The third kappa shape index (κ3) is 6.80. The zero-order valence-electron chi connectivity index (χ0n) is 14.4. The summed E-state index contributed by atoms with van der Waals surface area (Å²) < 4.78 is 10.4. The fraction of sp³-hybridized carbons (Fsp3) is 0.167. The Morgan fingerprint density at radius 3 is 2.63 bits per heavy atom. The first-order valence-electron chi connectivity index (χ1n) is 7.79. The minimum atomic E-state index is -0.487. The lowest BCUT2D eigenvalue weighted by atomic mass is 10.2. The lowest BCUT2D eigenvalue weighted by Crippen LogP contribution is -2.37. The van der Waals surface area contributed by atoms with E-state index in [2.05, 4.69) is 15.8 Å². The molecule has 2 aromatic carbocycles. The van der Waals surface area contributed by atoms with E-state index in [1.807, 2.05) is 12.1 Å². The van der Waals surface area contributed by atoms with Crippen LogP contribution >= 0.6 is 23.2 Å². The molecule has 0 radical (unpaired) electrons. The van der Waals surface area contributed by atoms with E-state index in [0.29, 0.717) is 27.1 Å². The summed E-state index contributed by atoms with van der Waals surface area (Å²) >= 11 is 11.7. The van der Waals surface area contributed by atoms with Gasteiger partial charge in [0.15, 0.2) is 6.61 Å². The Labute approximate surface area is 166 Å². The largest absolute Gasteiger partial charge is 0.496 e. The Hall–Kier alpha value is -2.77. The molecule has 0 atom stereocenters. The number of hydrogen-bond donors (Lipinski definition) is 2. The summed E-state index contributed by atoms with van der Waals surface area (Å²) in [6, 6.07) is 11.9. The van der Waals surface area contributed by atoms with E-state index < -0.39 is 11.8 Å². The number of amides is 2. The van der Waals surface area contributed by atoms with E-state index in [9.17, 15) is 9.59 Å². The van der Waals surface area contributed by atoms with Gasteiger partial charge in [0.1, 0.15) is 11.5 Å². The molecule has 0 aliphatic rings. The van der Waals surface area contributed by atoms with Gasteiger partial charge in [-0.2, -0.15) is 5.10 Å². The Morgan fingerprint density at radius 2 is 1.89 bits per heavy atom. The highest BCUT2D eigenvalue weighted by atomic mass is 35.5. The van der Waals surface area contributed by atoms with E-state index in [1.54, 1.807) is 31.4 Å². The molecule has 0 aliphatic carbocycles. The van der Waals surface area contributed by atoms with Gasteiger partial charge in [0.25, 0.3) is 11.8 Å². The minimum Gasteiger partial charge on any atom is -0.496 e. The third-order valence-corrected chi connectivity index (χ3v) is 3.76. The molecule has 0 saturated carbocycles. The summed E-state index contributed by atoms with van der Waals surface area (Å²) in [6.07, 6.45) is 1.45. The van der Waals surface area contributed by atoms with Crippen molar-refractivity contribution in [1.82, 2.24) is 10.7 Å². The number of carbonyl (C=O) groups is 2. The predicted octanol–water partition coefficient (Wildman–Crippen LogP) is 2.65. The number of rotatable bonds is 8. The van der Waals surface area contributed by atoms with Gasteiger partial charge >= 0.3 is 0 Å². The van der Waals surface area contributed by atoms with Gasteiger partial charge < -0.3 is 14.8 Å². The normalized spacial score (nSPS) is 10.5. The summed E-state index contributed by atoms with van der Waals surface area (Å²) in [7, 11) is 1.54. The van der Waals surface area contributed by atoms with Crippen molar-refractivity contribution >= 4 is 41.2 Å². The Balaban J connectivity index is 1.73. The number of benzene rings is 2. The summed E-state index contributed by atoms with van der Waals surface area (Å²) in [5, 5.41) is 6.99. The van der Waals surface area contributed by atoms with Crippen LogP contribution in [0.4, 0.5) is 0 Å². The number of nitrogens with zero attached hydrogens (tertiary/aromatic N) is 1. The van der Waals surface area contributed by atoms with E-state index in [1.165, 1.54) is 12.3 Å². The molecule has 0 aromatic heterocycles. The molecule has 0 unspecified atom stereocenters. The van der Waals surface area contributed by atoms with Crippen LogP contribution in [-0.4, -0.2) is 38.3 Å². The van der Waals surface area contributed by atoms with Crippen LogP contribution in [0.3, 0.4) is 0 Å². The van der Waals surface area contributed by atoms with Crippen molar-refractivity contribution in [3.8, 4) is 11.5 Å². The van der Waals surface area contributed by atoms with Gasteiger partial charge in [0, 0.05) is 10.6 Å². The van der Waals surface area contributed by atoms with Crippen molar-refractivity contribution in [3.05, 3.63) is 58.1 Å². The zero-order chi connectivity index (χ0) is 19.6. The lowest BCUT2D eigenvalue weighted by molar-refractivity contribution is -0.127. The summed E-state index contributed by atoms with van der Waals surface area (Å²) in [4.78, 5) is 23.4. The molecule has 0 fully saturated rings. The fourth-order valence-corrected chi connectivity index (χ4v) is 2.41. The first kappa shape index (κ1) is 20.5. The molecular formula is C18H17Cl2N3O4. The molecule has 0 saturated heterocycles. The number of ether oxygens (including phenoxy) is 2. The number of hydrogen-bond acceptors (Lipinski definition) is 5. The minimum absolute atomic E-state index is 0.250. The maximum atomic E-state index is 11.7. The average Bonchev–Trinajstić information content (AvgIpc) is 2.66. The van der Waals surface area contributed by atoms with Crippen LogP contribution in [-0.2, 0) is 9.59 Å². The van der Waals surface area contributed by atoms with Crippen molar-refractivity contribution in [1.29, 1.82) is 0 Å². The molecule has 0 heterocycles. The van der Waals surface area contributed by atoms with Gasteiger partial charge in [-0.1, -0.05) is 35.3 Å². The number of hydrazone groups is 1. The van der Waals surface area contributed by atoms with Crippen LogP contribution in [0.2, 0.25) is 10.0 Å². The zero-order valence-corrected chi connectivity index (χ0v) is 15.9. The molecule has 27 heavy (non-hydrogen) atoms. The van der Waals surface area contributed by atoms with Crippen molar-refractivity contribution in [3.63, 3.8) is 0 Å². The fourth-order valence-electron chi connectivity index (χ4n) is 1.95. The topological polar surface area (TPSA) is 89.0 Å². The number of carbonyl (C=O) groups excluding carboxylic acids is 2. The summed E-state index contributed by atoms with van der Waals surface area (Å²) in [5.41, 5.74) is 3.02. The average molecular weight is 410 g/mol. The Morgan fingerprint density at radius 1 is 1.11 bits per heavy atom. The molecule has 2 rings (SSSR count). The smallest absolute Gasteiger partial charge is 0.259 e. The SMILES string of the molecule is COc1ccccc1/C=N\NC(=O)CNC(=O)COc1ccc(Cl)cc1Cl. The molecule has 0 bridgehead atoms. The monoisotopic (exact) mass is 409 g/mol. The quantitative estimate of drug-likeness (QED) is 0.517. The Bertz CT molecular complexity index is 843. The summed E-state index contributed by atoms with van der Waals surface area (Å²) in [6.45, 7) is -0.543. The van der Waals surface area contributed by atoms with Gasteiger partial charge in [-0.25, -0.2) is 5.43 Å². The van der Waals surface area contributed by atoms with Gasteiger partial charge in [-0.05, 0) is 30.3 Å². The molecular weight excluding hydrogens is 393 g/mol. The molecule has 142 valence electrons. The van der Waals surface area contributed by atoms with Gasteiger partial charge in [-0.3, -0.25) is 9.59 Å². The molecule has 0 aliphatic heterocycles. The van der Waals surface area contributed by atoms with Crippen LogP contribution < -0.4 is 20.2 Å². The van der Waals surface area contributed by atoms with Gasteiger partial charge in [0.05, 0.1) is 24.9 Å².